The summed E-state index contributed by atoms with van der Waals surface area (Å²) in [5.74, 6) is 0. The van der Waals surface area contributed by atoms with E-state index in [1.165, 1.54) is 70.4 Å². The minimum Gasteiger partial charge on any atom is -0.346 e. The zero-order chi connectivity index (χ0) is 20.2. The molecule has 2 nitrogen and oxygen atoms in total. The van der Waals surface area contributed by atoms with Crippen LogP contribution in [0.4, 0.5) is 11.4 Å². The Morgan fingerprint density at radius 1 is 0.607 bits per heavy atom. The third-order valence-corrected chi connectivity index (χ3v) is 7.00. The first-order valence-electron chi connectivity index (χ1n) is 11.0. The molecule has 2 aromatic rings. The van der Waals surface area contributed by atoms with Gasteiger partial charge in [-0.05, 0) is 83.6 Å². The number of benzene rings is 2. The Kier molecular flexibility index (Phi) is 4.93. The molecule has 0 N–H and O–H groups in total. The summed E-state index contributed by atoms with van der Waals surface area (Å²) in [5.41, 5.74) is 11.4. The molecular weight excluding hydrogens is 340 g/mol. The van der Waals surface area contributed by atoms with Crippen LogP contribution in [0.5, 0.6) is 0 Å². The quantitative estimate of drug-likeness (QED) is 0.588. The molecule has 0 amide bonds. The molecule has 2 heteroatoms. The zero-order valence-corrected chi connectivity index (χ0v) is 18.8. The van der Waals surface area contributed by atoms with Gasteiger partial charge in [0.2, 0.25) is 0 Å². The van der Waals surface area contributed by atoms with Gasteiger partial charge in [0.25, 0.3) is 0 Å². The van der Waals surface area contributed by atoms with Crippen molar-refractivity contribution in [2.75, 3.05) is 9.80 Å². The predicted molar refractivity (Wildman–Crippen MR) is 122 cm³/mol. The molecule has 0 spiro atoms. The van der Waals surface area contributed by atoms with E-state index < -0.39 is 0 Å². The van der Waals surface area contributed by atoms with Crippen molar-refractivity contribution >= 4 is 11.4 Å². The molecule has 2 aliphatic rings. The first-order chi connectivity index (χ1) is 13.3. The van der Waals surface area contributed by atoms with Crippen molar-refractivity contribution in [1.29, 1.82) is 0 Å². The van der Waals surface area contributed by atoms with E-state index in [-0.39, 0.29) is 0 Å². The maximum Gasteiger partial charge on any atom is 0.0994 e. The zero-order valence-electron chi connectivity index (χ0n) is 18.8. The molecule has 2 fully saturated rings. The van der Waals surface area contributed by atoms with Gasteiger partial charge >= 0.3 is 0 Å². The lowest BCUT2D eigenvalue weighted by Crippen LogP contribution is -2.40. The second-order valence-corrected chi connectivity index (χ2v) is 9.36. The second kappa shape index (κ2) is 7.13. The summed E-state index contributed by atoms with van der Waals surface area (Å²) in [4.78, 5) is 5.54. The van der Waals surface area contributed by atoms with E-state index in [4.69, 9.17) is 0 Å². The fourth-order valence-electron chi connectivity index (χ4n) is 6.29. The third-order valence-electron chi connectivity index (χ3n) is 7.00. The Morgan fingerprint density at radius 2 is 0.929 bits per heavy atom. The summed E-state index contributed by atoms with van der Waals surface area (Å²) in [6.07, 6.45) is 5.71. The van der Waals surface area contributed by atoms with Crippen molar-refractivity contribution in [3.8, 4) is 0 Å². The SMILES string of the molecule is Cc1cc(C)c(N2C3CCCCC3N(c3c(C)cc(C)cc3C)C2C)c(C)c1. The number of aryl methyl sites for hydroxylation is 6. The molecule has 0 aromatic heterocycles. The van der Waals surface area contributed by atoms with E-state index in [2.05, 4.69) is 82.5 Å². The Labute approximate surface area is 171 Å². The number of rotatable bonds is 2. The van der Waals surface area contributed by atoms with Crippen LogP contribution in [0.15, 0.2) is 24.3 Å². The highest BCUT2D eigenvalue weighted by molar-refractivity contribution is 5.69. The number of hydrogen-bond donors (Lipinski definition) is 0. The predicted octanol–water partition coefficient (Wildman–Crippen LogP) is 6.52. The molecule has 2 aromatic carbocycles. The van der Waals surface area contributed by atoms with Gasteiger partial charge in [-0.2, -0.15) is 0 Å². The molecule has 28 heavy (non-hydrogen) atoms. The number of hydrogen-bond acceptors (Lipinski definition) is 2. The van der Waals surface area contributed by atoms with Crippen LogP contribution in [0.2, 0.25) is 0 Å². The standard InChI is InChI=1S/C26H36N2/c1-16-12-18(3)25(19(4)13-16)27-22(7)28(24-11-9-8-10-23(24)27)26-20(5)14-17(2)15-21(26)6/h12-15,22-24H,8-11H2,1-7H3. The van der Waals surface area contributed by atoms with Crippen LogP contribution in [-0.4, -0.2) is 18.2 Å². The first kappa shape index (κ1) is 19.4. The van der Waals surface area contributed by atoms with Gasteiger partial charge in [-0.15, -0.1) is 0 Å². The summed E-state index contributed by atoms with van der Waals surface area (Å²) in [6.45, 7) is 16.0. The summed E-state index contributed by atoms with van der Waals surface area (Å²) >= 11 is 0. The lowest BCUT2D eigenvalue weighted by molar-refractivity contribution is 0.408. The van der Waals surface area contributed by atoms with Crippen molar-refractivity contribution in [1.82, 2.24) is 0 Å². The molecule has 0 radical (unpaired) electrons. The van der Waals surface area contributed by atoms with Crippen molar-refractivity contribution < 1.29 is 0 Å². The molecule has 2 atom stereocenters. The van der Waals surface area contributed by atoms with Crippen molar-refractivity contribution in [3.05, 3.63) is 57.6 Å². The van der Waals surface area contributed by atoms with Crippen LogP contribution in [0, 0.1) is 41.5 Å². The number of fused-ring (bicyclic) bond motifs is 1. The lowest BCUT2D eigenvalue weighted by atomic mass is 9.88. The highest BCUT2D eigenvalue weighted by Gasteiger charge is 2.47. The lowest BCUT2D eigenvalue weighted by Gasteiger charge is -2.35. The van der Waals surface area contributed by atoms with Crippen LogP contribution in [0.3, 0.4) is 0 Å². The second-order valence-electron chi connectivity index (χ2n) is 9.36. The monoisotopic (exact) mass is 376 g/mol. The van der Waals surface area contributed by atoms with E-state index in [0.717, 1.165) is 0 Å². The van der Waals surface area contributed by atoms with Gasteiger partial charge in [0.05, 0.1) is 18.2 Å². The number of nitrogens with zero attached hydrogens (tertiary/aromatic N) is 2. The Balaban J connectivity index is 1.85. The maximum atomic E-state index is 2.77. The van der Waals surface area contributed by atoms with E-state index in [1.807, 2.05) is 0 Å². The van der Waals surface area contributed by atoms with E-state index in [1.54, 1.807) is 0 Å². The largest absolute Gasteiger partial charge is 0.346 e. The summed E-state index contributed by atoms with van der Waals surface area (Å²) in [6, 6.07) is 10.7. The fraction of sp³-hybridized carbons (Fsp3) is 0.538. The number of anilines is 2. The molecule has 4 rings (SSSR count). The van der Waals surface area contributed by atoms with Gasteiger partial charge in [-0.25, -0.2) is 0 Å². The van der Waals surface area contributed by atoms with Gasteiger partial charge in [-0.1, -0.05) is 48.2 Å². The minimum atomic E-state index is 0.383. The van der Waals surface area contributed by atoms with Crippen LogP contribution in [0.25, 0.3) is 0 Å². The summed E-state index contributed by atoms with van der Waals surface area (Å²) < 4.78 is 0. The van der Waals surface area contributed by atoms with Crippen molar-refractivity contribution in [2.45, 2.75) is 92.4 Å². The molecule has 1 aliphatic carbocycles. The highest BCUT2D eigenvalue weighted by Crippen LogP contribution is 2.45. The van der Waals surface area contributed by atoms with Gasteiger partial charge in [0.15, 0.2) is 0 Å². The topological polar surface area (TPSA) is 6.48 Å². The third kappa shape index (κ3) is 3.02. The van der Waals surface area contributed by atoms with Crippen LogP contribution in [0.1, 0.15) is 66.0 Å². The maximum absolute atomic E-state index is 2.77. The summed E-state index contributed by atoms with van der Waals surface area (Å²) in [7, 11) is 0. The molecule has 2 unspecified atom stereocenters. The van der Waals surface area contributed by atoms with Gasteiger partial charge in [-0.3, -0.25) is 0 Å². The normalized spacial score (nSPS) is 24.6. The van der Waals surface area contributed by atoms with Gasteiger partial charge in [0.1, 0.15) is 0 Å². The summed E-state index contributed by atoms with van der Waals surface area (Å²) in [5, 5.41) is 0. The average molecular weight is 377 g/mol. The van der Waals surface area contributed by atoms with Gasteiger partial charge in [0, 0.05) is 11.4 Å². The first-order valence-corrected chi connectivity index (χ1v) is 11.0. The Hall–Kier alpha value is -1.96. The van der Waals surface area contributed by atoms with Crippen molar-refractivity contribution in [2.24, 2.45) is 0 Å². The molecule has 1 aliphatic heterocycles. The molecular formula is C26H36N2. The fourth-order valence-corrected chi connectivity index (χ4v) is 6.29. The molecule has 150 valence electrons. The smallest absolute Gasteiger partial charge is 0.0994 e. The van der Waals surface area contributed by atoms with Gasteiger partial charge < -0.3 is 9.80 Å². The van der Waals surface area contributed by atoms with E-state index in [0.29, 0.717) is 18.2 Å². The van der Waals surface area contributed by atoms with Crippen LogP contribution < -0.4 is 9.80 Å². The molecule has 1 heterocycles. The molecule has 0 bridgehead atoms. The molecule has 1 saturated heterocycles. The average Bonchev–Trinajstić information content (AvgIpc) is 2.87. The minimum absolute atomic E-state index is 0.383. The Bertz CT molecular complexity index is 778. The van der Waals surface area contributed by atoms with Crippen LogP contribution in [-0.2, 0) is 0 Å². The molecule has 1 saturated carbocycles. The Morgan fingerprint density at radius 3 is 1.25 bits per heavy atom. The van der Waals surface area contributed by atoms with Crippen LogP contribution >= 0.6 is 0 Å². The highest BCUT2D eigenvalue weighted by atomic mass is 15.5. The van der Waals surface area contributed by atoms with E-state index >= 15 is 0 Å². The van der Waals surface area contributed by atoms with E-state index in [9.17, 15) is 0 Å². The van der Waals surface area contributed by atoms with Crippen molar-refractivity contribution in [3.63, 3.8) is 0 Å².